The molecule has 1 saturated heterocycles. The van der Waals surface area contributed by atoms with Crippen molar-refractivity contribution in [3.63, 3.8) is 0 Å². The smallest absolute Gasteiger partial charge is 0.239 e. The Morgan fingerprint density at radius 2 is 1.78 bits per heavy atom. The van der Waals surface area contributed by atoms with Gasteiger partial charge in [-0.05, 0) is 43.3 Å². The average Bonchev–Trinajstić information content (AvgIpc) is 2.87. The molecule has 0 spiro atoms. The van der Waals surface area contributed by atoms with E-state index in [9.17, 15) is 4.79 Å². The maximum Gasteiger partial charge on any atom is 0.239 e. The molecule has 5 heteroatoms. The summed E-state index contributed by atoms with van der Waals surface area (Å²) in [6, 6.07) is 18.3. The van der Waals surface area contributed by atoms with Gasteiger partial charge in [-0.2, -0.15) is 0 Å². The molecule has 2 aromatic rings. The van der Waals surface area contributed by atoms with Crippen molar-refractivity contribution in [2.45, 2.75) is 32.5 Å². The van der Waals surface area contributed by atoms with E-state index >= 15 is 0 Å². The Labute approximate surface area is 145 Å². The number of amides is 1. The molecule has 1 fully saturated rings. The molecule has 23 heavy (non-hydrogen) atoms. The number of hydrogen-bond donors (Lipinski definition) is 1. The number of hydrogen-bond acceptors (Lipinski definition) is 3. The summed E-state index contributed by atoms with van der Waals surface area (Å²) < 4.78 is 1.04. The van der Waals surface area contributed by atoms with Gasteiger partial charge in [-0.15, -0.1) is 0 Å². The van der Waals surface area contributed by atoms with E-state index in [1.54, 1.807) is 6.92 Å². The number of halogens is 1. The van der Waals surface area contributed by atoms with Gasteiger partial charge in [0.2, 0.25) is 5.91 Å². The number of para-hydroxylation sites is 1. The molecule has 1 amide bonds. The van der Waals surface area contributed by atoms with E-state index in [-0.39, 0.29) is 18.1 Å². The molecule has 0 radical (unpaired) electrons. The molecule has 0 aliphatic carbocycles. The van der Waals surface area contributed by atoms with Crippen molar-refractivity contribution in [2.75, 3.05) is 10.3 Å². The number of nitrogens with one attached hydrogen (secondary N) is 1. The first kappa shape index (κ1) is 15.9. The van der Waals surface area contributed by atoms with Crippen LogP contribution in [0.15, 0.2) is 59.1 Å². The fourth-order valence-corrected chi connectivity index (χ4v) is 3.34. The third-order valence-electron chi connectivity index (χ3n) is 4.03. The minimum absolute atomic E-state index is 0.0350. The second kappa shape index (κ2) is 6.62. The van der Waals surface area contributed by atoms with Gasteiger partial charge >= 0.3 is 0 Å². The number of hydrazine groups is 1. The molecule has 0 bridgehead atoms. The highest BCUT2D eigenvalue weighted by Gasteiger charge is 2.38. The van der Waals surface area contributed by atoms with Crippen LogP contribution in [0.2, 0.25) is 0 Å². The summed E-state index contributed by atoms with van der Waals surface area (Å²) in [6.07, 6.45) is 0.814. The van der Waals surface area contributed by atoms with Crippen LogP contribution in [-0.4, -0.2) is 23.1 Å². The number of anilines is 2. The lowest BCUT2D eigenvalue weighted by Crippen LogP contribution is -2.48. The fourth-order valence-electron chi connectivity index (χ4n) is 3.07. The highest BCUT2D eigenvalue weighted by molar-refractivity contribution is 9.10. The Bertz CT molecular complexity index is 674. The fraction of sp³-hybridized carbons (Fsp3) is 0.278. The zero-order valence-electron chi connectivity index (χ0n) is 13.2. The van der Waals surface area contributed by atoms with Crippen molar-refractivity contribution in [1.29, 1.82) is 0 Å². The van der Waals surface area contributed by atoms with Crippen molar-refractivity contribution in [3.8, 4) is 0 Å². The van der Waals surface area contributed by atoms with E-state index < -0.39 is 0 Å². The van der Waals surface area contributed by atoms with Gasteiger partial charge in [0, 0.05) is 23.5 Å². The van der Waals surface area contributed by atoms with Gasteiger partial charge in [0.1, 0.15) is 6.17 Å². The molecule has 1 aliphatic rings. The Morgan fingerprint density at radius 1 is 1.13 bits per heavy atom. The second-order valence-corrected chi connectivity index (χ2v) is 6.71. The standard InChI is InChI=1S/C18H20BrN3O/c1-13-12-18(20-16-10-8-15(19)9-11-16)22(14(2)23)21(13)17-6-4-3-5-7-17/h3-11,13,18,20H,12H2,1-2H3/t13-,18+/m0/s1. The highest BCUT2D eigenvalue weighted by atomic mass is 79.9. The molecule has 4 nitrogen and oxygen atoms in total. The van der Waals surface area contributed by atoms with Crippen LogP contribution < -0.4 is 10.3 Å². The van der Waals surface area contributed by atoms with E-state index in [1.807, 2.05) is 59.6 Å². The summed E-state index contributed by atoms with van der Waals surface area (Å²) >= 11 is 3.44. The van der Waals surface area contributed by atoms with E-state index in [0.29, 0.717) is 0 Å². The lowest BCUT2D eigenvalue weighted by atomic mass is 10.2. The molecular weight excluding hydrogens is 354 g/mol. The summed E-state index contributed by atoms with van der Waals surface area (Å²) in [5, 5.41) is 7.38. The van der Waals surface area contributed by atoms with Crippen LogP contribution in [0.3, 0.4) is 0 Å². The molecule has 120 valence electrons. The quantitative estimate of drug-likeness (QED) is 0.873. The number of rotatable bonds is 3. The lowest BCUT2D eigenvalue weighted by molar-refractivity contribution is -0.129. The summed E-state index contributed by atoms with van der Waals surface area (Å²) in [5.74, 6) is 0.0350. The van der Waals surface area contributed by atoms with Crippen LogP contribution in [0.4, 0.5) is 11.4 Å². The van der Waals surface area contributed by atoms with Crippen molar-refractivity contribution < 1.29 is 4.79 Å². The molecule has 0 aromatic heterocycles. The first-order valence-electron chi connectivity index (χ1n) is 7.72. The Hall–Kier alpha value is -2.01. The summed E-state index contributed by atoms with van der Waals surface area (Å²) in [6.45, 7) is 3.76. The van der Waals surface area contributed by atoms with Crippen LogP contribution in [-0.2, 0) is 4.79 Å². The van der Waals surface area contributed by atoms with Crippen LogP contribution in [0.1, 0.15) is 20.3 Å². The third-order valence-corrected chi connectivity index (χ3v) is 4.56. The van der Waals surface area contributed by atoms with Gasteiger partial charge in [-0.1, -0.05) is 34.1 Å². The minimum Gasteiger partial charge on any atom is -0.364 e. The molecule has 0 saturated carbocycles. The highest BCUT2D eigenvalue weighted by Crippen LogP contribution is 2.31. The Kier molecular flexibility index (Phi) is 4.57. The van der Waals surface area contributed by atoms with E-state index in [1.165, 1.54) is 0 Å². The zero-order chi connectivity index (χ0) is 16.4. The van der Waals surface area contributed by atoms with Crippen LogP contribution >= 0.6 is 15.9 Å². The first-order valence-corrected chi connectivity index (χ1v) is 8.51. The monoisotopic (exact) mass is 373 g/mol. The topological polar surface area (TPSA) is 35.6 Å². The third kappa shape index (κ3) is 3.34. The lowest BCUT2D eigenvalue weighted by Gasteiger charge is -2.35. The predicted octanol–water partition coefficient (Wildman–Crippen LogP) is 4.25. The molecular formula is C18H20BrN3O. The molecule has 2 atom stereocenters. The number of benzene rings is 2. The van der Waals surface area contributed by atoms with Crippen molar-refractivity contribution >= 4 is 33.2 Å². The first-order chi connectivity index (χ1) is 11.1. The summed E-state index contributed by atoms with van der Waals surface area (Å²) in [7, 11) is 0. The predicted molar refractivity (Wildman–Crippen MR) is 97.1 cm³/mol. The van der Waals surface area contributed by atoms with Gasteiger partial charge in [0.25, 0.3) is 0 Å². The molecule has 1 N–H and O–H groups in total. The average molecular weight is 374 g/mol. The van der Waals surface area contributed by atoms with E-state index in [4.69, 9.17) is 0 Å². The van der Waals surface area contributed by atoms with Gasteiger partial charge in [-0.3, -0.25) is 9.80 Å². The normalized spacial score (nSPS) is 20.7. The van der Waals surface area contributed by atoms with Gasteiger partial charge in [0.05, 0.1) is 11.7 Å². The van der Waals surface area contributed by atoms with Crippen LogP contribution in [0.25, 0.3) is 0 Å². The molecule has 2 aromatic carbocycles. The largest absolute Gasteiger partial charge is 0.364 e. The van der Waals surface area contributed by atoms with Crippen molar-refractivity contribution in [3.05, 3.63) is 59.1 Å². The molecule has 3 rings (SSSR count). The second-order valence-electron chi connectivity index (χ2n) is 5.80. The van der Waals surface area contributed by atoms with Gasteiger partial charge < -0.3 is 5.32 Å². The van der Waals surface area contributed by atoms with Crippen molar-refractivity contribution in [2.24, 2.45) is 0 Å². The summed E-state index contributed by atoms with van der Waals surface area (Å²) in [4.78, 5) is 12.3. The van der Waals surface area contributed by atoms with Crippen LogP contribution in [0, 0.1) is 0 Å². The van der Waals surface area contributed by atoms with Crippen LogP contribution in [0.5, 0.6) is 0 Å². The zero-order valence-corrected chi connectivity index (χ0v) is 14.8. The van der Waals surface area contributed by atoms with E-state index in [2.05, 4.69) is 33.2 Å². The Balaban J connectivity index is 1.86. The van der Waals surface area contributed by atoms with Gasteiger partial charge in [-0.25, -0.2) is 5.01 Å². The molecule has 0 unspecified atom stereocenters. The maximum absolute atomic E-state index is 12.3. The number of nitrogens with zero attached hydrogens (tertiary/aromatic N) is 2. The summed E-state index contributed by atoms with van der Waals surface area (Å²) in [5.41, 5.74) is 2.04. The molecule has 1 aliphatic heterocycles. The minimum atomic E-state index is -0.0520. The molecule has 1 heterocycles. The SMILES string of the molecule is CC(=O)N1[C@@H](Nc2ccc(Br)cc2)C[C@H](C)N1c1ccccc1. The van der Waals surface area contributed by atoms with E-state index in [0.717, 1.165) is 22.3 Å². The number of carbonyl (C=O) groups excluding carboxylic acids is 1. The van der Waals surface area contributed by atoms with Gasteiger partial charge in [0.15, 0.2) is 0 Å². The number of carbonyl (C=O) groups is 1. The maximum atomic E-state index is 12.3. The van der Waals surface area contributed by atoms with Crippen molar-refractivity contribution in [1.82, 2.24) is 5.01 Å². The Morgan fingerprint density at radius 3 is 2.39 bits per heavy atom.